The Kier molecular flexibility index (Phi) is 4.54. The van der Waals surface area contributed by atoms with E-state index in [1.165, 1.54) is 16.7 Å². The molecular weight excluding hydrogens is 378 g/mol. The molecule has 6 heteroatoms. The second-order valence-electron chi connectivity index (χ2n) is 6.85. The average molecular weight is 398 g/mol. The molecule has 0 unspecified atom stereocenters. The molecule has 5 nitrogen and oxygen atoms in total. The smallest absolute Gasteiger partial charge is 0.225 e. The van der Waals surface area contributed by atoms with E-state index in [1.54, 1.807) is 17.5 Å². The van der Waals surface area contributed by atoms with Gasteiger partial charge in [0.1, 0.15) is 12.1 Å². The SMILES string of the molecule is C[C@H](Nc1nccc(-n2cnc3cc(-c4ccsc4)ccc32)n1)c1ccccc1. The fourth-order valence-corrected chi connectivity index (χ4v) is 4.04. The fraction of sp³-hybridized carbons (Fsp3) is 0.0870. The summed E-state index contributed by atoms with van der Waals surface area (Å²) in [5.41, 5.74) is 5.54. The number of hydrogen-bond acceptors (Lipinski definition) is 5. The summed E-state index contributed by atoms with van der Waals surface area (Å²) in [7, 11) is 0. The van der Waals surface area contributed by atoms with Gasteiger partial charge in [0, 0.05) is 6.20 Å². The van der Waals surface area contributed by atoms with Gasteiger partial charge in [-0.25, -0.2) is 9.97 Å². The average Bonchev–Trinajstić information content (AvgIpc) is 3.44. The van der Waals surface area contributed by atoms with Gasteiger partial charge < -0.3 is 5.32 Å². The highest BCUT2D eigenvalue weighted by molar-refractivity contribution is 7.08. The van der Waals surface area contributed by atoms with Crippen LogP contribution in [0.5, 0.6) is 0 Å². The first-order valence-electron chi connectivity index (χ1n) is 9.42. The van der Waals surface area contributed by atoms with E-state index in [-0.39, 0.29) is 6.04 Å². The largest absolute Gasteiger partial charge is 0.348 e. The highest BCUT2D eigenvalue weighted by Crippen LogP contribution is 2.27. The highest BCUT2D eigenvalue weighted by atomic mass is 32.1. The summed E-state index contributed by atoms with van der Waals surface area (Å²) in [6, 6.07) is 20.7. The number of nitrogens with one attached hydrogen (secondary N) is 1. The molecule has 0 aliphatic carbocycles. The lowest BCUT2D eigenvalue weighted by Gasteiger charge is -2.14. The summed E-state index contributed by atoms with van der Waals surface area (Å²) < 4.78 is 1.99. The minimum atomic E-state index is 0.110. The van der Waals surface area contributed by atoms with Crippen LogP contribution < -0.4 is 5.32 Å². The maximum Gasteiger partial charge on any atom is 0.225 e. The zero-order chi connectivity index (χ0) is 19.6. The Morgan fingerprint density at radius 1 is 0.966 bits per heavy atom. The summed E-state index contributed by atoms with van der Waals surface area (Å²) in [6.07, 6.45) is 3.59. The number of fused-ring (bicyclic) bond motifs is 1. The molecule has 0 amide bonds. The lowest BCUT2D eigenvalue weighted by Crippen LogP contribution is -2.10. The third-order valence-electron chi connectivity index (χ3n) is 4.93. The van der Waals surface area contributed by atoms with E-state index >= 15 is 0 Å². The third kappa shape index (κ3) is 3.50. The van der Waals surface area contributed by atoms with Gasteiger partial charge in [0.25, 0.3) is 0 Å². The van der Waals surface area contributed by atoms with Crippen molar-refractivity contribution >= 4 is 28.3 Å². The summed E-state index contributed by atoms with van der Waals surface area (Å²) in [4.78, 5) is 13.7. The predicted octanol–water partition coefficient (Wildman–Crippen LogP) is 5.72. The second-order valence-corrected chi connectivity index (χ2v) is 7.63. The fourth-order valence-electron chi connectivity index (χ4n) is 3.38. The van der Waals surface area contributed by atoms with Crippen LogP contribution in [0.15, 0.2) is 83.9 Å². The van der Waals surface area contributed by atoms with Crippen molar-refractivity contribution in [3.05, 3.63) is 89.5 Å². The number of benzene rings is 2. The molecule has 3 aromatic heterocycles. The molecule has 0 saturated heterocycles. The zero-order valence-corrected chi connectivity index (χ0v) is 16.7. The van der Waals surface area contributed by atoms with Crippen molar-refractivity contribution < 1.29 is 0 Å². The lowest BCUT2D eigenvalue weighted by atomic mass is 10.1. The van der Waals surface area contributed by atoms with E-state index in [9.17, 15) is 0 Å². The Balaban J connectivity index is 1.45. The molecule has 0 aliphatic heterocycles. The molecule has 29 heavy (non-hydrogen) atoms. The maximum absolute atomic E-state index is 4.71. The first kappa shape index (κ1) is 17.6. The number of anilines is 1. The molecule has 2 aromatic carbocycles. The molecule has 0 spiro atoms. The topological polar surface area (TPSA) is 55.6 Å². The first-order chi connectivity index (χ1) is 14.3. The van der Waals surface area contributed by atoms with Crippen LogP contribution in [0.3, 0.4) is 0 Å². The molecular formula is C23H19N5S. The van der Waals surface area contributed by atoms with Crippen molar-refractivity contribution in [3.8, 4) is 16.9 Å². The molecule has 1 N–H and O–H groups in total. The molecule has 0 bridgehead atoms. The van der Waals surface area contributed by atoms with Crippen molar-refractivity contribution in [1.82, 2.24) is 19.5 Å². The van der Waals surface area contributed by atoms with Crippen molar-refractivity contribution in [2.75, 3.05) is 5.32 Å². The monoisotopic (exact) mass is 397 g/mol. The van der Waals surface area contributed by atoms with Gasteiger partial charge in [-0.2, -0.15) is 16.3 Å². The van der Waals surface area contributed by atoms with Crippen LogP contribution in [-0.4, -0.2) is 19.5 Å². The van der Waals surface area contributed by atoms with Gasteiger partial charge in [-0.05, 0) is 58.6 Å². The molecule has 0 aliphatic rings. The van der Waals surface area contributed by atoms with Crippen LogP contribution in [-0.2, 0) is 0 Å². The van der Waals surface area contributed by atoms with Crippen molar-refractivity contribution in [3.63, 3.8) is 0 Å². The van der Waals surface area contributed by atoms with Gasteiger partial charge in [-0.3, -0.25) is 4.57 Å². The van der Waals surface area contributed by atoms with Crippen LogP contribution in [0.25, 0.3) is 28.0 Å². The van der Waals surface area contributed by atoms with Crippen LogP contribution in [0.1, 0.15) is 18.5 Å². The maximum atomic E-state index is 4.71. The third-order valence-corrected chi connectivity index (χ3v) is 5.62. The summed E-state index contributed by atoms with van der Waals surface area (Å²) in [6.45, 7) is 2.10. The van der Waals surface area contributed by atoms with Crippen LogP contribution >= 0.6 is 11.3 Å². The summed E-state index contributed by atoms with van der Waals surface area (Å²) in [5.74, 6) is 1.38. The van der Waals surface area contributed by atoms with Crippen molar-refractivity contribution in [2.45, 2.75) is 13.0 Å². The molecule has 5 rings (SSSR count). The number of imidazole rings is 1. The summed E-state index contributed by atoms with van der Waals surface area (Å²) in [5, 5.41) is 7.62. The number of hydrogen-bond donors (Lipinski definition) is 1. The second kappa shape index (κ2) is 7.48. The van der Waals surface area contributed by atoms with Crippen LogP contribution in [0.2, 0.25) is 0 Å². The van der Waals surface area contributed by atoms with E-state index < -0.39 is 0 Å². The summed E-state index contributed by atoms with van der Waals surface area (Å²) >= 11 is 1.70. The number of aromatic nitrogens is 4. The zero-order valence-electron chi connectivity index (χ0n) is 15.9. The van der Waals surface area contributed by atoms with Crippen LogP contribution in [0.4, 0.5) is 5.95 Å². The quantitative estimate of drug-likeness (QED) is 0.412. The van der Waals surface area contributed by atoms with E-state index in [0.717, 1.165) is 16.9 Å². The standard InChI is InChI=1S/C23H19N5S/c1-16(17-5-3-2-4-6-17)26-23-24-11-9-22(27-23)28-15-25-20-13-18(7-8-21(20)28)19-10-12-29-14-19/h2-16H,1H3,(H,24,26,27)/t16-/m0/s1. The molecule has 0 saturated carbocycles. The molecule has 0 fully saturated rings. The van der Waals surface area contributed by atoms with E-state index in [2.05, 4.69) is 69.4 Å². The Hall–Kier alpha value is -3.51. The minimum Gasteiger partial charge on any atom is -0.348 e. The first-order valence-corrected chi connectivity index (χ1v) is 10.4. The Labute approximate surface area is 172 Å². The lowest BCUT2D eigenvalue weighted by molar-refractivity contribution is 0.854. The van der Waals surface area contributed by atoms with Gasteiger partial charge >= 0.3 is 0 Å². The van der Waals surface area contributed by atoms with Gasteiger partial charge in [0.05, 0.1) is 17.1 Å². The number of rotatable bonds is 5. The minimum absolute atomic E-state index is 0.110. The molecule has 1 atom stereocenters. The predicted molar refractivity (Wildman–Crippen MR) is 118 cm³/mol. The van der Waals surface area contributed by atoms with Gasteiger partial charge in [0.15, 0.2) is 0 Å². The molecule has 142 valence electrons. The van der Waals surface area contributed by atoms with Gasteiger partial charge in [-0.15, -0.1) is 0 Å². The Morgan fingerprint density at radius 2 is 1.86 bits per heavy atom. The van der Waals surface area contributed by atoms with Crippen molar-refractivity contribution in [2.24, 2.45) is 0 Å². The van der Waals surface area contributed by atoms with E-state index in [0.29, 0.717) is 5.95 Å². The highest BCUT2D eigenvalue weighted by Gasteiger charge is 2.11. The Morgan fingerprint density at radius 3 is 2.69 bits per heavy atom. The van der Waals surface area contributed by atoms with Gasteiger partial charge in [-0.1, -0.05) is 36.4 Å². The van der Waals surface area contributed by atoms with E-state index in [1.807, 2.05) is 35.2 Å². The van der Waals surface area contributed by atoms with E-state index in [4.69, 9.17) is 4.98 Å². The van der Waals surface area contributed by atoms with Crippen molar-refractivity contribution in [1.29, 1.82) is 0 Å². The number of thiophene rings is 1. The molecule has 0 radical (unpaired) electrons. The van der Waals surface area contributed by atoms with Crippen LogP contribution in [0, 0.1) is 0 Å². The number of nitrogens with zero attached hydrogens (tertiary/aromatic N) is 4. The normalized spacial score (nSPS) is 12.2. The molecule has 3 heterocycles. The van der Waals surface area contributed by atoms with Gasteiger partial charge in [0.2, 0.25) is 5.95 Å². The Bertz CT molecular complexity index is 1250. The molecule has 5 aromatic rings.